The first-order valence-electron chi connectivity index (χ1n) is 6.12. The number of hydrogen-bond donors (Lipinski definition) is 2. The van der Waals surface area contributed by atoms with Gasteiger partial charge < -0.3 is 0 Å². The summed E-state index contributed by atoms with van der Waals surface area (Å²) in [7, 11) is 0. The second kappa shape index (κ2) is 7.19. The predicted octanol–water partition coefficient (Wildman–Crippen LogP) is 1.90. The molecule has 0 aliphatic rings. The van der Waals surface area contributed by atoms with Crippen molar-refractivity contribution in [1.82, 2.24) is 20.8 Å². The van der Waals surface area contributed by atoms with E-state index in [4.69, 9.17) is 0 Å². The van der Waals surface area contributed by atoms with Crippen molar-refractivity contribution in [3.05, 3.63) is 30.0 Å². The number of hydrogen-bond acceptors (Lipinski definition) is 6. The average Bonchev–Trinajstić information content (AvgIpc) is 2.85. The van der Waals surface area contributed by atoms with Gasteiger partial charge in [0.05, 0.1) is 5.75 Å². The number of allylic oxidation sites excluding steroid dienone is 1. The molecule has 2 aromatic rings. The van der Waals surface area contributed by atoms with E-state index in [1.54, 1.807) is 20.0 Å². The van der Waals surface area contributed by atoms with Gasteiger partial charge in [0.2, 0.25) is 5.91 Å². The van der Waals surface area contributed by atoms with Crippen molar-refractivity contribution in [1.29, 1.82) is 0 Å². The summed E-state index contributed by atoms with van der Waals surface area (Å²) in [4.78, 5) is 32.3. The third-order valence-corrected chi connectivity index (χ3v) is 4.34. The maximum atomic E-state index is 11.6. The standard InChI is InChI=1S/C13H14N4O2S2/c1-8(2)6-10(18)16-17-11(19)7-20-13-15-9-4-3-5-14-12(9)21-13/h3-6H,7H2,1-2H3,(H,16,18)(H,17,19). The van der Waals surface area contributed by atoms with E-state index in [9.17, 15) is 9.59 Å². The first-order valence-corrected chi connectivity index (χ1v) is 7.93. The lowest BCUT2D eigenvalue weighted by molar-refractivity contribution is -0.125. The summed E-state index contributed by atoms with van der Waals surface area (Å²) in [5, 5.41) is 0. The van der Waals surface area contributed by atoms with E-state index in [-0.39, 0.29) is 17.6 Å². The predicted molar refractivity (Wildman–Crippen MR) is 83.9 cm³/mol. The molecular weight excluding hydrogens is 308 g/mol. The summed E-state index contributed by atoms with van der Waals surface area (Å²) < 4.78 is 0.773. The summed E-state index contributed by atoms with van der Waals surface area (Å²) in [5.74, 6) is -0.463. The lowest BCUT2D eigenvalue weighted by atomic mass is 10.3. The Morgan fingerprint density at radius 1 is 1.38 bits per heavy atom. The van der Waals surface area contributed by atoms with Crippen LogP contribution in [-0.4, -0.2) is 27.5 Å². The lowest BCUT2D eigenvalue weighted by Crippen LogP contribution is -2.41. The van der Waals surface area contributed by atoms with Crippen LogP contribution in [0.4, 0.5) is 0 Å². The zero-order valence-electron chi connectivity index (χ0n) is 11.5. The van der Waals surface area contributed by atoms with Crippen LogP contribution in [0.1, 0.15) is 13.8 Å². The topological polar surface area (TPSA) is 84.0 Å². The highest BCUT2D eigenvalue weighted by atomic mass is 32.2. The highest BCUT2D eigenvalue weighted by molar-refractivity contribution is 8.01. The van der Waals surface area contributed by atoms with Crippen molar-refractivity contribution in [3.63, 3.8) is 0 Å². The minimum Gasteiger partial charge on any atom is -0.272 e. The van der Waals surface area contributed by atoms with Crippen molar-refractivity contribution in [3.8, 4) is 0 Å². The molecule has 0 unspecified atom stereocenters. The number of fused-ring (bicyclic) bond motifs is 1. The molecule has 110 valence electrons. The van der Waals surface area contributed by atoms with E-state index >= 15 is 0 Å². The normalized spacial score (nSPS) is 10.2. The van der Waals surface area contributed by atoms with E-state index < -0.39 is 0 Å². The van der Waals surface area contributed by atoms with Crippen LogP contribution < -0.4 is 10.9 Å². The van der Waals surface area contributed by atoms with Crippen LogP contribution in [0.25, 0.3) is 10.3 Å². The van der Waals surface area contributed by atoms with Gasteiger partial charge in [0.15, 0.2) is 4.34 Å². The van der Waals surface area contributed by atoms with Gasteiger partial charge in [0.25, 0.3) is 5.91 Å². The molecule has 2 heterocycles. The second-order valence-electron chi connectivity index (χ2n) is 4.36. The number of rotatable bonds is 4. The molecule has 2 aromatic heterocycles. The van der Waals surface area contributed by atoms with Crippen molar-refractivity contribution in [2.24, 2.45) is 0 Å². The van der Waals surface area contributed by atoms with Crippen LogP contribution in [0.3, 0.4) is 0 Å². The Morgan fingerprint density at radius 2 is 2.19 bits per heavy atom. The number of nitrogens with one attached hydrogen (secondary N) is 2. The fourth-order valence-electron chi connectivity index (χ4n) is 1.40. The minimum atomic E-state index is -0.350. The molecule has 0 aromatic carbocycles. The van der Waals surface area contributed by atoms with Crippen LogP contribution in [0.5, 0.6) is 0 Å². The van der Waals surface area contributed by atoms with E-state index in [1.165, 1.54) is 29.2 Å². The van der Waals surface area contributed by atoms with Crippen molar-refractivity contribution >= 4 is 45.3 Å². The maximum absolute atomic E-state index is 11.6. The number of carbonyl (C=O) groups is 2. The fourth-order valence-corrected chi connectivity index (χ4v) is 3.18. The Balaban J connectivity index is 1.81. The molecule has 0 saturated heterocycles. The van der Waals surface area contributed by atoms with Crippen LogP contribution >= 0.6 is 23.1 Å². The molecule has 0 aliphatic carbocycles. The highest BCUT2D eigenvalue weighted by Gasteiger charge is 2.08. The Hall–Kier alpha value is -1.93. The SMILES string of the molecule is CC(C)=CC(=O)NNC(=O)CSc1nc2cccnc2s1. The molecule has 0 bridgehead atoms. The second-order valence-corrected chi connectivity index (χ2v) is 6.56. The van der Waals surface area contributed by atoms with Crippen molar-refractivity contribution < 1.29 is 9.59 Å². The first-order chi connectivity index (χ1) is 10.0. The molecule has 0 radical (unpaired) electrons. The Morgan fingerprint density at radius 3 is 2.90 bits per heavy atom. The highest BCUT2D eigenvalue weighted by Crippen LogP contribution is 2.27. The number of aromatic nitrogens is 2. The number of amides is 2. The molecule has 0 saturated carbocycles. The monoisotopic (exact) mass is 322 g/mol. The van der Waals surface area contributed by atoms with Crippen LogP contribution in [0.15, 0.2) is 34.3 Å². The molecule has 6 nitrogen and oxygen atoms in total. The van der Waals surface area contributed by atoms with Crippen molar-refractivity contribution in [2.45, 2.75) is 18.2 Å². The summed E-state index contributed by atoms with van der Waals surface area (Å²) in [6.45, 7) is 3.61. The third kappa shape index (κ3) is 4.83. The summed E-state index contributed by atoms with van der Waals surface area (Å²) in [5.41, 5.74) is 6.35. The van der Waals surface area contributed by atoms with E-state index in [0.29, 0.717) is 0 Å². The van der Waals surface area contributed by atoms with Gasteiger partial charge in [-0.1, -0.05) is 28.7 Å². The molecule has 8 heteroatoms. The molecule has 2 amide bonds. The quantitative estimate of drug-likeness (QED) is 0.510. The molecule has 0 fully saturated rings. The minimum absolute atomic E-state index is 0.176. The van der Waals surface area contributed by atoms with Crippen LogP contribution in [-0.2, 0) is 9.59 Å². The van der Waals surface area contributed by atoms with Gasteiger partial charge in [-0.25, -0.2) is 9.97 Å². The first kappa shape index (κ1) is 15.5. The Labute approximate surface area is 130 Å². The number of pyridine rings is 1. The molecule has 0 spiro atoms. The zero-order valence-corrected chi connectivity index (χ0v) is 13.2. The van der Waals surface area contributed by atoms with Crippen LogP contribution in [0, 0.1) is 0 Å². The summed E-state index contributed by atoms with van der Waals surface area (Å²) in [6.07, 6.45) is 3.12. The van der Waals surface area contributed by atoms with E-state index in [0.717, 1.165) is 20.3 Å². The van der Waals surface area contributed by atoms with Gasteiger partial charge in [-0.05, 0) is 26.0 Å². The number of thioether (sulfide) groups is 1. The molecule has 2 rings (SSSR count). The molecular formula is C13H14N4O2S2. The average molecular weight is 322 g/mol. The van der Waals surface area contributed by atoms with E-state index in [2.05, 4.69) is 20.8 Å². The van der Waals surface area contributed by atoms with Gasteiger partial charge in [-0.2, -0.15) is 0 Å². The van der Waals surface area contributed by atoms with Gasteiger partial charge in [-0.15, -0.1) is 0 Å². The molecule has 2 N–H and O–H groups in total. The largest absolute Gasteiger partial charge is 0.272 e. The lowest BCUT2D eigenvalue weighted by Gasteiger charge is -2.04. The maximum Gasteiger partial charge on any atom is 0.262 e. The molecule has 0 atom stereocenters. The van der Waals surface area contributed by atoms with E-state index in [1.807, 2.05) is 12.1 Å². The smallest absolute Gasteiger partial charge is 0.262 e. The van der Waals surface area contributed by atoms with Crippen molar-refractivity contribution in [2.75, 3.05) is 5.75 Å². The Bertz CT molecular complexity index is 659. The number of hydrazine groups is 1. The number of carbonyl (C=O) groups excluding carboxylic acids is 2. The molecule has 21 heavy (non-hydrogen) atoms. The van der Waals surface area contributed by atoms with Gasteiger partial charge in [0.1, 0.15) is 10.3 Å². The van der Waals surface area contributed by atoms with Gasteiger partial charge >= 0.3 is 0 Å². The van der Waals surface area contributed by atoms with Crippen LogP contribution in [0.2, 0.25) is 0 Å². The van der Waals surface area contributed by atoms with Gasteiger partial charge in [-0.3, -0.25) is 20.4 Å². The fraction of sp³-hybridized carbons (Fsp3) is 0.231. The third-order valence-electron chi connectivity index (χ3n) is 2.22. The number of nitrogens with zero attached hydrogens (tertiary/aromatic N) is 2. The number of thiazole rings is 1. The summed E-state index contributed by atoms with van der Waals surface area (Å²) >= 11 is 2.74. The zero-order chi connectivity index (χ0) is 15.2. The van der Waals surface area contributed by atoms with Gasteiger partial charge in [0, 0.05) is 12.3 Å². The summed E-state index contributed by atoms with van der Waals surface area (Å²) in [6, 6.07) is 3.70. The molecule has 0 aliphatic heterocycles. The Kier molecular flexibility index (Phi) is 5.29.